The molecule has 1 aromatic rings. The first-order valence-corrected chi connectivity index (χ1v) is 7.46. The number of amides is 3. The van der Waals surface area contributed by atoms with E-state index in [9.17, 15) is 14.4 Å². The number of hydrogen-bond acceptors (Lipinski definition) is 4. The summed E-state index contributed by atoms with van der Waals surface area (Å²) >= 11 is 0. The van der Waals surface area contributed by atoms with Gasteiger partial charge < -0.3 is 20.7 Å². The maximum Gasteiger partial charge on any atom is 0.228 e. The van der Waals surface area contributed by atoms with E-state index < -0.39 is 0 Å². The maximum absolute atomic E-state index is 12.1. The number of benzene rings is 1. The molecule has 23 heavy (non-hydrogen) atoms. The minimum Gasteiger partial charge on any atom is -0.383 e. The zero-order chi connectivity index (χ0) is 16.8. The van der Waals surface area contributed by atoms with Crippen molar-refractivity contribution in [1.82, 2.24) is 5.32 Å². The van der Waals surface area contributed by atoms with Gasteiger partial charge in [0.1, 0.15) is 0 Å². The van der Waals surface area contributed by atoms with Crippen LogP contribution in [0, 0.1) is 11.8 Å². The van der Waals surface area contributed by atoms with Crippen molar-refractivity contribution < 1.29 is 19.1 Å². The fourth-order valence-corrected chi connectivity index (χ4v) is 2.26. The molecule has 0 spiro atoms. The van der Waals surface area contributed by atoms with Gasteiger partial charge in [-0.3, -0.25) is 14.4 Å². The van der Waals surface area contributed by atoms with Crippen molar-refractivity contribution in [2.45, 2.75) is 13.3 Å². The Labute approximate surface area is 134 Å². The lowest BCUT2D eigenvalue weighted by Crippen LogP contribution is -2.30. The highest BCUT2D eigenvalue weighted by molar-refractivity contribution is 5.99. The third-order valence-corrected chi connectivity index (χ3v) is 3.54. The molecule has 2 atom stereocenters. The van der Waals surface area contributed by atoms with E-state index in [1.807, 2.05) is 0 Å². The predicted octanol–water partition coefficient (Wildman–Crippen LogP) is 0.982. The largest absolute Gasteiger partial charge is 0.383 e. The number of methoxy groups -OCH3 is 1. The molecular formula is C16H21N3O4. The van der Waals surface area contributed by atoms with Crippen LogP contribution in [0.4, 0.5) is 11.4 Å². The molecule has 0 heterocycles. The summed E-state index contributed by atoms with van der Waals surface area (Å²) in [7, 11) is 1.57. The lowest BCUT2D eigenvalue weighted by Gasteiger charge is -2.07. The van der Waals surface area contributed by atoms with Crippen LogP contribution in [0.15, 0.2) is 24.3 Å². The van der Waals surface area contributed by atoms with E-state index >= 15 is 0 Å². The van der Waals surface area contributed by atoms with Crippen molar-refractivity contribution in [2.24, 2.45) is 11.8 Å². The fraction of sp³-hybridized carbons (Fsp3) is 0.438. The molecule has 0 radical (unpaired) electrons. The van der Waals surface area contributed by atoms with E-state index in [4.69, 9.17) is 4.74 Å². The summed E-state index contributed by atoms with van der Waals surface area (Å²) in [5.41, 5.74) is 1.30. The van der Waals surface area contributed by atoms with E-state index in [2.05, 4.69) is 16.0 Å². The monoisotopic (exact) mass is 319 g/mol. The molecule has 1 aliphatic rings. The first-order valence-electron chi connectivity index (χ1n) is 7.46. The summed E-state index contributed by atoms with van der Waals surface area (Å²) in [4.78, 5) is 34.8. The summed E-state index contributed by atoms with van der Waals surface area (Å²) in [6, 6.07) is 6.83. The van der Waals surface area contributed by atoms with Gasteiger partial charge in [0.25, 0.3) is 0 Å². The van der Waals surface area contributed by atoms with E-state index in [0.717, 1.165) is 0 Å². The topological polar surface area (TPSA) is 96.5 Å². The Balaban J connectivity index is 1.79. The van der Waals surface area contributed by atoms with Crippen LogP contribution in [0.2, 0.25) is 0 Å². The maximum atomic E-state index is 12.1. The number of ether oxygens (including phenoxy) is 1. The summed E-state index contributed by atoms with van der Waals surface area (Å²) in [6.45, 7) is 2.33. The normalized spacial score (nSPS) is 18.9. The Morgan fingerprint density at radius 2 is 1.61 bits per heavy atom. The molecule has 1 saturated carbocycles. The SMILES string of the molecule is COCCNC(=O)C1CC1C(=O)Nc1ccc(NC(C)=O)cc1. The van der Waals surface area contributed by atoms with E-state index in [0.29, 0.717) is 30.9 Å². The first kappa shape index (κ1) is 17.0. The highest BCUT2D eigenvalue weighted by Gasteiger charge is 2.47. The van der Waals surface area contributed by atoms with Crippen molar-refractivity contribution in [2.75, 3.05) is 30.9 Å². The molecule has 2 unspecified atom stereocenters. The Morgan fingerprint density at radius 1 is 1.04 bits per heavy atom. The summed E-state index contributed by atoms with van der Waals surface area (Å²) in [5, 5.41) is 8.17. The Morgan fingerprint density at radius 3 is 2.17 bits per heavy atom. The van der Waals surface area contributed by atoms with Crippen LogP contribution < -0.4 is 16.0 Å². The molecule has 0 saturated heterocycles. The van der Waals surface area contributed by atoms with Crippen LogP contribution in [0.5, 0.6) is 0 Å². The molecule has 1 aliphatic carbocycles. The molecule has 124 valence electrons. The van der Waals surface area contributed by atoms with E-state index in [1.165, 1.54) is 6.92 Å². The van der Waals surface area contributed by atoms with Gasteiger partial charge in [0.15, 0.2) is 0 Å². The second-order valence-corrected chi connectivity index (χ2v) is 5.48. The van der Waals surface area contributed by atoms with Gasteiger partial charge in [-0.05, 0) is 30.7 Å². The Kier molecular flexibility index (Phi) is 5.70. The van der Waals surface area contributed by atoms with Crippen LogP contribution in [0.3, 0.4) is 0 Å². The molecule has 7 nitrogen and oxygen atoms in total. The molecule has 3 amide bonds. The second kappa shape index (κ2) is 7.73. The quantitative estimate of drug-likeness (QED) is 0.653. The van der Waals surface area contributed by atoms with Crippen LogP contribution in [-0.4, -0.2) is 38.0 Å². The summed E-state index contributed by atoms with van der Waals surface area (Å²) in [5.74, 6) is -0.965. The van der Waals surface area contributed by atoms with Gasteiger partial charge >= 0.3 is 0 Å². The zero-order valence-electron chi connectivity index (χ0n) is 13.2. The lowest BCUT2D eigenvalue weighted by atomic mass is 10.2. The molecule has 0 aliphatic heterocycles. The number of hydrogen-bond donors (Lipinski definition) is 3. The van der Waals surface area contributed by atoms with Crippen molar-refractivity contribution in [1.29, 1.82) is 0 Å². The van der Waals surface area contributed by atoms with Gasteiger partial charge in [0.05, 0.1) is 18.4 Å². The molecule has 2 rings (SSSR count). The average molecular weight is 319 g/mol. The first-order chi connectivity index (χ1) is 11.0. The zero-order valence-corrected chi connectivity index (χ0v) is 13.2. The second-order valence-electron chi connectivity index (χ2n) is 5.48. The number of carbonyl (C=O) groups is 3. The summed E-state index contributed by atoms with van der Waals surface area (Å²) in [6.07, 6.45) is 0.564. The molecule has 0 aromatic heterocycles. The lowest BCUT2D eigenvalue weighted by molar-refractivity contribution is -0.125. The third-order valence-electron chi connectivity index (χ3n) is 3.54. The minimum atomic E-state index is -0.285. The average Bonchev–Trinajstić information content (AvgIpc) is 3.29. The molecular weight excluding hydrogens is 298 g/mol. The van der Waals surface area contributed by atoms with Gasteiger partial charge in [-0.2, -0.15) is 0 Å². The van der Waals surface area contributed by atoms with Gasteiger partial charge in [-0.1, -0.05) is 0 Å². The minimum absolute atomic E-state index is 0.108. The van der Waals surface area contributed by atoms with Crippen molar-refractivity contribution in [3.05, 3.63) is 24.3 Å². The van der Waals surface area contributed by atoms with Crippen LogP contribution >= 0.6 is 0 Å². The van der Waals surface area contributed by atoms with Crippen molar-refractivity contribution >= 4 is 29.1 Å². The van der Waals surface area contributed by atoms with Crippen molar-refractivity contribution in [3.63, 3.8) is 0 Å². The van der Waals surface area contributed by atoms with Gasteiger partial charge in [-0.25, -0.2) is 0 Å². The number of rotatable bonds is 7. The predicted molar refractivity (Wildman–Crippen MR) is 85.9 cm³/mol. The van der Waals surface area contributed by atoms with Crippen molar-refractivity contribution in [3.8, 4) is 0 Å². The standard InChI is InChI=1S/C16H21N3O4/c1-10(20)18-11-3-5-12(6-4-11)19-16(22)14-9-13(14)15(21)17-7-8-23-2/h3-6,13-14H,7-9H2,1-2H3,(H,17,21)(H,18,20)(H,19,22). The molecule has 0 bridgehead atoms. The Hall–Kier alpha value is -2.41. The Bertz CT molecular complexity index is 585. The molecule has 1 aromatic carbocycles. The molecule has 3 N–H and O–H groups in total. The van der Waals surface area contributed by atoms with Gasteiger partial charge in [0, 0.05) is 32.0 Å². The molecule has 1 fully saturated rings. The number of nitrogens with one attached hydrogen (secondary N) is 3. The third kappa shape index (κ3) is 5.07. The van der Waals surface area contributed by atoms with Crippen LogP contribution in [-0.2, 0) is 19.1 Å². The van der Waals surface area contributed by atoms with Gasteiger partial charge in [-0.15, -0.1) is 0 Å². The highest BCUT2D eigenvalue weighted by atomic mass is 16.5. The smallest absolute Gasteiger partial charge is 0.228 e. The van der Waals surface area contributed by atoms with E-state index in [-0.39, 0.29) is 29.6 Å². The number of anilines is 2. The highest BCUT2D eigenvalue weighted by Crippen LogP contribution is 2.39. The summed E-state index contributed by atoms with van der Waals surface area (Å²) < 4.78 is 4.86. The van der Waals surface area contributed by atoms with Crippen LogP contribution in [0.1, 0.15) is 13.3 Å². The fourth-order valence-electron chi connectivity index (χ4n) is 2.26. The van der Waals surface area contributed by atoms with E-state index in [1.54, 1.807) is 31.4 Å². The molecule has 7 heteroatoms. The van der Waals surface area contributed by atoms with Crippen LogP contribution in [0.25, 0.3) is 0 Å². The number of carbonyl (C=O) groups excluding carboxylic acids is 3. The van der Waals surface area contributed by atoms with Gasteiger partial charge in [0.2, 0.25) is 17.7 Å².